The van der Waals surface area contributed by atoms with Crippen molar-refractivity contribution in [1.29, 1.82) is 0 Å². The van der Waals surface area contributed by atoms with Gasteiger partial charge >= 0.3 is 0 Å². The zero-order chi connectivity index (χ0) is 13.1. The molecule has 2 heteroatoms. The van der Waals surface area contributed by atoms with E-state index in [1.165, 1.54) is 69.0 Å². The number of aryl methyl sites for hydroxylation is 1. The van der Waals surface area contributed by atoms with Crippen molar-refractivity contribution < 1.29 is 0 Å². The van der Waals surface area contributed by atoms with Crippen molar-refractivity contribution >= 4 is 11.6 Å². The molecule has 0 aliphatic heterocycles. The van der Waals surface area contributed by atoms with Crippen LogP contribution < -0.4 is 5.32 Å². The topological polar surface area (TPSA) is 12.0 Å². The lowest BCUT2D eigenvalue weighted by Gasteiger charge is -2.15. The molecule has 104 valence electrons. The summed E-state index contributed by atoms with van der Waals surface area (Å²) < 4.78 is 0. The van der Waals surface area contributed by atoms with Crippen LogP contribution in [0.25, 0.3) is 0 Å². The Morgan fingerprint density at radius 1 is 1.16 bits per heavy atom. The summed E-state index contributed by atoms with van der Waals surface area (Å²) in [5.74, 6) is 1.02. The average molecular weight is 278 g/mol. The van der Waals surface area contributed by atoms with Gasteiger partial charge in [-0.15, -0.1) is 0 Å². The third-order valence-corrected chi connectivity index (χ3v) is 5.07. The molecule has 1 nitrogen and oxygen atoms in total. The third-order valence-electron chi connectivity index (χ3n) is 4.84. The average Bonchev–Trinajstić information content (AvgIpc) is 3.03. The maximum Gasteiger partial charge on any atom is 0.0408 e. The van der Waals surface area contributed by atoms with Crippen LogP contribution in [0, 0.1) is 5.92 Å². The molecule has 0 saturated heterocycles. The molecular formula is C17H24ClN. The molecule has 1 saturated carbocycles. The van der Waals surface area contributed by atoms with Gasteiger partial charge in [-0.2, -0.15) is 0 Å². The molecule has 2 aliphatic carbocycles. The van der Waals surface area contributed by atoms with Crippen LogP contribution in [0.2, 0.25) is 5.02 Å². The fourth-order valence-corrected chi connectivity index (χ4v) is 3.96. The number of benzene rings is 1. The second-order valence-corrected chi connectivity index (χ2v) is 6.62. The van der Waals surface area contributed by atoms with Gasteiger partial charge in [-0.25, -0.2) is 0 Å². The SMILES string of the molecule is Clc1ccc2c(c1)CCC2NCCCC1CCCC1. The van der Waals surface area contributed by atoms with E-state index in [1.807, 2.05) is 6.07 Å². The second-order valence-electron chi connectivity index (χ2n) is 6.18. The smallest absolute Gasteiger partial charge is 0.0408 e. The first-order valence-electron chi connectivity index (χ1n) is 7.84. The second kappa shape index (κ2) is 6.28. The molecule has 0 spiro atoms. The monoisotopic (exact) mass is 277 g/mol. The standard InChI is InChI=1S/C17H24ClN/c18-15-8-9-16-14(12-15)7-10-17(16)19-11-3-6-13-4-1-2-5-13/h8-9,12-13,17,19H,1-7,10-11H2. The Hall–Kier alpha value is -0.530. The van der Waals surface area contributed by atoms with Gasteiger partial charge in [0.25, 0.3) is 0 Å². The van der Waals surface area contributed by atoms with Crippen molar-refractivity contribution in [1.82, 2.24) is 5.32 Å². The first-order valence-corrected chi connectivity index (χ1v) is 8.22. The Labute approximate surface area is 121 Å². The van der Waals surface area contributed by atoms with E-state index in [2.05, 4.69) is 17.4 Å². The molecule has 1 aromatic rings. The van der Waals surface area contributed by atoms with Crippen LogP contribution in [0.5, 0.6) is 0 Å². The van der Waals surface area contributed by atoms with Crippen molar-refractivity contribution in [3.63, 3.8) is 0 Å². The first-order chi connectivity index (χ1) is 9.33. The van der Waals surface area contributed by atoms with E-state index < -0.39 is 0 Å². The molecule has 2 aliphatic rings. The fourth-order valence-electron chi connectivity index (χ4n) is 3.76. The molecule has 0 amide bonds. The van der Waals surface area contributed by atoms with Crippen molar-refractivity contribution in [2.75, 3.05) is 6.54 Å². The molecule has 3 rings (SSSR count). The van der Waals surface area contributed by atoms with Crippen LogP contribution in [0.15, 0.2) is 18.2 Å². The predicted molar refractivity (Wildman–Crippen MR) is 81.7 cm³/mol. The lowest BCUT2D eigenvalue weighted by molar-refractivity contribution is 0.447. The molecule has 0 aromatic heterocycles. The molecule has 0 heterocycles. The van der Waals surface area contributed by atoms with Crippen molar-refractivity contribution in [3.8, 4) is 0 Å². The molecular weight excluding hydrogens is 254 g/mol. The van der Waals surface area contributed by atoms with Gasteiger partial charge in [-0.1, -0.05) is 43.4 Å². The maximum atomic E-state index is 6.05. The highest BCUT2D eigenvalue weighted by Gasteiger charge is 2.22. The van der Waals surface area contributed by atoms with Crippen LogP contribution in [-0.2, 0) is 6.42 Å². The Morgan fingerprint density at radius 3 is 2.84 bits per heavy atom. The number of nitrogens with one attached hydrogen (secondary N) is 1. The molecule has 0 bridgehead atoms. The van der Waals surface area contributed by atoms with Gasteiger partial charge in [0, 0.05) is 11.1 Å². The molecule has 1 N–H and O–H groups in total. The minimum absolute atomic E-state index is 0.566. The summed E-state index contributed by atoms with van der Waals surface area (Å²) in [6.07, 6.45) is 11.1. The molecule has 19 heavy (non-hydrogen) atoms. The number of hydrogen-bond acceptors (Lipinski definition) is 1. The normalized spacial score (nSPS) is 22.9. The predicted octanol–water partition coefficient (Wildman–Crippen LogP) is 4.89. The van der Waals surface area contributed by atoms with Gasteiger partial charge in [0.2, 0.25) is 0 Å². The van der Waals surface area contributed by atoms with E-state index in [1.54, 1.807) is 0 Å². The summed E-state index contributed by atoms with van der Waals surface area (Å²) in [6, 6.07) is 6.94. The van der Waals surface area contributed by atoms with Gasteiger partial charge in [0.1, 0.15) is 0 Å². The number of fused-ring (bicyclic) bond motifs is 1. The number of halogens is 1. The zero-order valence-electron chi connectivity index (χ0n) is 11.6. The summed E-state index contributed by atoms with van der Waals surface area (Å²) in [7, 11) is 0. The van der Waals surface area contributed by atoms with Gasteiger partial charge in [-0.05, 0) is 61.4 Å². The van der Waals surface area contributed by atoms with Crippen molar-refractivity contribution in [3.05, 3.63) is 34.3 Å². The van der Waals surface area contributed by atoms with Gasteiger partial charge < -0.3 is 5.32 Å². The zero-order valence-corrected chi connectivity index (χ0v) is 12.4. The highest BCUT2D eigenvalue weighted by atomic mass is 35.5. The number of rotatable bonds is 5. The summed E-state index contributed by atoms with van der Waals surface area (Å²) in [4.78, 5) is 0. The lowest BCUT2D eigenvalue weighted by Crippen LogP contribution is -2.20. The molecule has 0 radical (unpaired) electrons. The molecule has 1 fully saturated rings. The molecule has 1 aromatic carbocycles. The van der Waals surface area contributed by atoms with Crippen molar-refractivity contribution in [2.24, 2.45) is 5.92 Å². The fraction of sp³-hybridized carbons (Fsp3) is 0.647. The Kier molecular flexibility index (Phi) is 4.45. The summed E-state index contributed by atoms with van der Waals surface area (Å²) in [5.41, 5.74) is 2.92. The van der Waals surface area contributed by atoms with Crippen LogP contribution in [0.4, 0.5) is 0 Å². The third kappa shape index (κ3) is 3.32. The van der Waals surface area contributed by atoms with Gasteiger partial charge in [0.05, 0.1) is 0 Å². The van der Waals surface area contributed by atoms with Crippen LogP contribution in [0.3, 0.4) is 0 Å². The van der Waals surface area contributed by atoms with Crippen molar-refractivity contribution in [2.45, 2.75) is 57.4 Å². The van der Waals surface area contributed by atoms with Crippen LogP contribution in [0.1, 0.15) is 62.1 Å². The van der Waals surface area contributed by atoms with Gasteiger partial charge in [-0.3, -0.25) is 0 Å². The van der Waals surface area contributed by atoms with E-state index in [0.29, 0.717) is 6.04 Å². The highest BCUT2D eigenvalue weighted by molar-refractivity contribution is 6.30. The van der Waals surface area contributed by atoms with Crippen LogP contribution >= 0.6 is 11.6 Å². The first kappa shape index (κ1) is 13.5. The summed E-state index contributed by atoms with van der Waals surface area (Å²) >= 11 is 6.05. The van der Waals surface area contributed by atoms with E-state index in [-0.39, 0.29) is 0 Å². The van der Waals surface area contributed by atoms with E-state index in [4.69, 9.17) is 11.6 Å². The number of hydrogen-bond donors (Lipinski definition) is 1. The minimum Gasteiger partial charge on any atom is -0.310 e. The van der Waals surface area contributed by atoms with E-state index >= 15 is 0 Å². The van der Waals surface area contributed by atoms with E-state index in [0.717, 1.165) is 10.9 Å². The lowest BCUT2D eigenvalue weighted by atomic mass is 10.0. The summed E-state index contributed by atoms with van der Waals surface area (Å²) in [6.45, 7) is 1.17. The summed E-state index contributed by atoms with van der Waals surface area (Å²) in [5, 5.41) is 4.61. The molecule has 1 atom stereocenters. The minimum atomic E-state index is 0.566. The highest BCUT2D eigenvalue weighted by Crippen LogP contribution is 2.33. The Bertz CT molecular complexity index is 423. The van der Waals surface area contributed by atoms with Crippen LogP contribution in [-0.4, -0.2) is 6.54 Å². The van der Waals surface area contributed by atoms with E-state index in [9.17, 15) is 0 Å². The maximum absolute atomic E-state index is 6.05. The van der Waals surface area contributed by atoms with Gasteiger partial charge in [0.15, 0.2) is 0 Å². The molecule has 1 unspecified atom stereocenters. The Balaban J connectivity index is 1.44. The Morgan fingerprint density at radius 2 is 2.00 bits per heavy atom. The largest absolute Gasteiger partial charge is 0.310 e. The quantitative estimate of drug-likeness (QED) is 0.756.